The third-order valence-electron chi connectivity index (χ3n) is 4.12. The molecule has 0 atom stereocenters. The molecule has 2 aromatic carbocycles. The molecule has 0 saturated heterocycles. The van der Waals surface area contributed by atoms with Crippen LogP contribution in [0.15, 0.2) is 40.8 Å². The molecule has 0 aliphatic rings. The highest BCUT2D eigenvalue weighted by Crippen LogP contribution is 2.40. The fraction of sp³-hybridized carbons (Fsp3) is 0.250. The van der Waals surface area contributed by atoms with Crippen molar-refractivity contribution in [1.29, 1.82) is 0 Å². The van der Waals surface area contributed by atoms with E-state index in [1.165, 1.54) is 6.92 Å². The minimum absolute atomic E-state index is 0.112. The van der Waals surface area contributed by atoms with Gasteiger partial charge in [0.25, 0.3) is 0 Å². The second-order valence-corrected chi connectivity index (χ2v) is 5.72. The van der Waals surface area contributed by atoms with Gasteiger partial charge in [-0.1, -0.05) is 6.92 Å². The van der Waals surface area contributed by atoms with Crippen LogP contribution < -0.4 is 14.8 Å². The number of nitrogens with one attached hydrogen (secondary N) is 1. The smallest absolute Gasteiger partial charge is 0.221 e. The summed E-state index contributed by atoms with van der Waals surface area (Å²) in [6.07, 6.45) is 0.816. The predicted molar refractivity (Wildman–Crippen MR) is 98.4 cm³/mol. The summed E-state index contributed by atoms with van der Waals surface area (Å²) in [5, 5.41) is 3.81. The van der Waals surface area contributed by atoms with E-state index in [4.69, 9.17) is 13.9 Å². The van der Waals surface area contributed by atoms with Crippen molar-refractivity contribution in [3.8, 4) is 22.8 Å². The lowest BCUT2D eigenvalue weighted by Gasteiger charge is -2.09. The number of ether oxygens (including phenoxy) is 2. The van der Waals surface area contributed by atoms with Gasteiger partial charge in [0, 0.05) is 35.7 Å². The number of fused-ring (bicyclic) bond motifs is 1. The SMILES string of the molecule is CCc1c(-c2ccc(OC)cc2OC)oc2cc(NC(C)=O)ccc12. The van der Waals surface area contributed by atoms with Crippen molar-refractivity contribution in [1.82, 2.24) is 0 Å². The summed E-state index contributed by atoms with van der Waals surface area (Å²) < 4.78 is 16.9. The maximum absolute atomic E-state index is 11.3. The number of anilines is 1. The molecule has 130 valence electrons. The van der Waals surface area contributed by atoms with Gasteiger partial charge in [-0.2, -0.15) is 0 Å². The molecule has 0 aliphatic heterocycles. The van der Waals surface area contributed by atoms with E-state index in [-0.39, 0.29) is 5.91 Å². The number of rotatable bonds is 5. The summed E-state index contributed by atoms with van der Waals surface area (Å²) in [5.41, 5.74) is 3.42. The fourth-order valence-electron chi connectivity index (χ4n) is 2.99. The first-order chi connectivity index (χ1) is 12.1. The largest absolute Gasteiger partial charge is 0.497 e. The summed E-state index contributed by atoms with van der Waals surface area (Å²) in [4.78, 5) is 11.3. The number of hydrogen-bond acceptors (Lipinski definition) is 4. The monoisotopic (exact) mass is 339 g/mol. The Morgan fingerprint density at radius 1 is 1.12 bits per heavy atom. The summed E-state index contributed by atoms with van der Waals surface area (Å²) in [5.74, 6) is 2.08. The number of benzene rings is 2. The molecule has 3 aromatic rings. The molecular formula is C20H21NO4. The van der Waals surface area contributed by atoms with E-state index in [0.29, 0.717) is 11.4 Å². The number of amides is 1. The summed E-state index contributed by atoms with van der Waals surface area (Å²) in [7, 11) is 3.25. The highest BCUT2D eigenvalue weighted by molar-refractivity contribution is 5.95. The molecule has 0 saturated carbocycles. The molecule has 25 heavy (non-hydrogen) atoms. The summed E-state index contributed by atoms with van der Waals surface area (Å²) in [6, 6.07) is 11.4. The highest BCUT2D eigenvalue weighted by atomic mass is 16.5. The number of methoxy groups -OCH3 is 2. The average molecular weight is 339 g/mol. The van der Waals surface area contributed by atoms with Gasteiger partial charge < -0.3 is 19.2 Å². The van der Waals surface area contributed by atoms with Crippen molar-refractivity contribution in [3.05, 3.63) is 42.0 Å². The molecule has 3 rings (SSSR count). The number of furan rings is 1. The minimum Gasteiger partial charge on any atom is -0.497 e. The zero-order chi connectivity index (χ0) is 18.0. The Morgan fingerprint density at radius 3 is 2.56 bits per heavy atom. The normalized spacial score (nSPS) is 10.7. The standard InChI is InChI=1S/C20H21NO4/c1-5-15-16-8-6-13(21-12(2)22)10-19(16)25-20(15)17-9-7-14(23-3)11-18(17)24-4/h6-11H,5H2,1-4H3,(H,21,22). The zero-order valence-corrected chi connectivity index (χ0v) is 14.8. The van der Waals surface area contributed by atoms with Gasteiger partial charge in [-0.15, -0.1) is 0 Å². The molecule has 0 spiro atoms. The van der Waals surface area contributed by atoms with Gasteiger partial charge in [0.15, 0.2) is 0 Å². The quantitative estimate of drug-likeness (QED) is 0.736. The molecule has 0 radical (unpaired) electrons. The topological polar surface area (TPSA) is 60.7 Å². The van der Waals surface area contributed by atoms with Crippen LogP contribution in [-0.2, 0) is 11.2 Å². The van der Waals surface area contributed by atoms with E-state index >= 15 is 0 Å². The molecule has 0 aliphatic carbocycles. The Bertz CT molecular complexity index is 927. The maximum atomic E-state index is 11.3. The Balaban J connectivity index is 2.17. The first-order valence-electron chi connectivity index (χ1n) is 8.12. The molecule has 0 unspecified atom stereocenters. The molecule has 1 amide bonds. The number of carbonyl (C=O) groups is 1. The van der Waals surface area contributed by atoms with Gasteiger partial charge in [-0.25, -0.2) is 0 Å². The fourth-order valence-corrected chi connectivity index (χ4v) is 2.99. The third kappa shape index (κ3) is 3.18. The van der Waals surface area contributed by atoms with Crippen molar-refractivity contribution >= 4 is 22.6 Å². The average Bonchev–Trinajstić information content (AvgIpc) is 2.97. The third-order valence-corrected chi connectivity index (χ3v) is 4.12. The molecule has 0 fully saturated rings. The van der Waals surface area contributed by atoms with Gasteiger partial charge in [-0.05, 0) is 30.7 Å². The van der Waals surface area contributed by atoms with Crippen LogP contribution >= 0.6 is 0 Å². The van der Waals surface area contributed by atoms with Crippen molar-refractivity contribution in [2.24, 2.45) is 0 Å². The summed E-state index contributed by atoms with van der Waals surface area (Å²) >= 11 is 0. The molecular weight excluding hydrogens is 318 g/mol. The lowest BCUT2D eigenvalue weighted by Crippen LogP contribution is -2.05. The van der Waals surface area contributed by atoms with Crippen LogP contribution in [-0.4, -0.2) is 20.1 Å². The van der Waals surface area contributed by atoms with Crippen molar-refractivity contribution in [2.75, 3.05) is 19.5 Å². The lowest BCUT2D eigenvalue weighted by atomic mass is 10.0. The number of carbonyl (C=O) groups excluding carboxylic acids is 1. The number of hydrogen-bond donors (Lipinski definition) is 1. The zero-order valence-electron chi connectivity index (χ0n) is 14.8. The first-order valence-corrected chi connectivity index (χ1v) is 8.12. The Morgan fingerprint density at radius 2 is 1.92 bits per heavy atom. The van der Waals surface area contributed by atoms with E-state index in [0.717, 1.165) is 40.0 Å². The Hall–Kier alpha value is -2.95. The van der Waals surface area contributed by atoms with Gasteiger partial charge in [0.1, 0.15) is 22.8 Å². The molecule has 1 N–H and O–H groups in total. The van der Waals surface area contributed by atoms with E-state index in [9.17, 15) is 4.79 Å². The molecule has 5 nitrogen and oxygen atoms in total. The van der Waals surface area contributed by atoms with Gasteiger partial charge in [-0.3, -0.25) is 4.79 Å². The Kier molecular flexibility index (Phi) is 4.65. The minimum atomic E-state index is -0.112. The second-order valence-electron chi connectivity index (χ2n) is 5.72. The van der Waals surface area contributed by atoms with Crippen LogP contribution in [0.4, 0.5) is 5.69 Å². The van der Waals surface area contributed by atoms with Gasteiger partial charge >= 0.3 is 0 Å². The molecule has 1 aromatic heterocycles. The van der Waals surface area contributed by atoms with E-state index in [1.54, 1.807) is 14.2 Å². The van der Waals surface area contributed by atoms with Crippen LogP contribution in [0.25, 0.3) is 22.3 Å². The van der Waals surface area contributed by atoms with E-state index < -0.39 is 0 Å². The number of aryl methyl sites for hydroxylation is 1. The first kappa shape index (κ1) is 16.9. The van der Waals surface area contributed by atoms with Crippen molar-refractivity contribution in [2.45, 2.75) is 20.3 Å². The molecule has 5 heteroatoms. The highest BCUT2D eigenvalue weighted by Gasteiger charge is 2.18. The molecule has 1 heterocycles. The van der Waals surface area contributed by atoms with E-state index in [1.807, 2.05) is 36.4 Å². The van der Waals surface area contributed by atoms with Crippen molar-refractivity contribution in [3.63, 3.8) is 0 Å². The van der Waals surface area contributed by atoms with Gasteiger partial charge in [0.2, 0.25) is 5.91 Å². The van der Waals surface area contributed by atoms with Crippen LogP contribution in [0, 0.1) is 0 Å². The molecule has 0 bridgehead atoms. The maximum Gasteiger partial charge on any atom is 0.221 e. The second kappa shape index (κ2) is 6.89. The lowest BCUT2D eigenvalue weighted by molar-refractivity contribution is -0.114. The van der Waals surface area contributed by atoms with Crippen LogP contribution in [0.1, 0.15) is 19.4 Å². The predicted octanol–water partition coefficient (Wildman–Crippen LogP) is 4.64. The summed E-state index contributed by atoms with van der Waals surface area (Å²) in [6.45, 7) is 3.57. The van der Waals surface area contributed by atoms with Crippen molar-refractivity contribution < 1.29 is 18.7 Å². The van der Waals surface area contributed by atoms with Crippen LogP contribution in [0.3, 0.4) is 0 Å². The van der Waals surface area contributed by atoms with Gasteiger partial charge in [0.05, 0.1) is 19.8 Å². The van der Waals surface area contributed by atoms with Crippen LogP contribution in [0.5, 0.6) is 11.5 Å². The van der Waals surface area contributed by atoms with Crippen LogP contribution in [0.2, 0.25) is 0 Å². The Labute approximate surface area is 146 Å². The van der Waals surface area contributed by atoms with E-state index in [2.05, 4.69) is 12.2 Å².